The third kappa shape index (κ3) is 5.75. The molecule has 1 N–H and O–H groups in total. The molecule has 0 saturated carbocycles. The van der Waals surface area contributed by atoms with Gasteiger partial charge in [-0.05, 0) is 18.2 Å². The Labute approximate surface area is 228 Å². The van der Waals surface area contributed by atoms with Crippen LogP contribution in [0.3, 0.4) is 0 Å². The van der Waals surface area contributed by atoms with E-state index in [9.17, 15) is 5.11 Å². The van der Waals surface area contributed by atoms with Crippen molar-refractivity contribution in [2.45, 2.75) is 56.8 Å². The Bertz CT molecular complexity index is 1330. The van der Waals surface area contributed by atoms with E-state index in [2.05, 4.69) is 29.6 Å². The molecule has 2 fully saturated rings. The number of anilines is 1. The summed E-state index contributed by atoms with van der Waals surface area (Å²) in [6, 6.07) is 7.76. The predicted molar refractivity (Wildman–Crippen MR) is 148 cm³/mol. The number of aromatic nitrogens is 3. The lowest BCUT2D eigenvalue weighted by Gasteiger charge is -2.20. The molecule has 0 aromatic carbocycles. The Morgan fingerprint density at radius 2 is 1.90 bits per heavy atom. The first kappa shape index (κ1) is 27.8. The fourth-order valence-corrected chi connectivity index (χ4v) is 5.56. The normalized spacial score (nSPS) is 22.9. The van der Waals surface area contributed by atoms with Gasteiger partial charge in [-0.25, -0.2) is 9.37 Å². The fourth-order valence-electron chi connectivity index (χ4n) is 4.80. The summed E-state index contributed by atoms with van der Waals surface area (Å²) in [5, 5.41) is 10.1. The number of methoxy groups -OCH3 is 1. The summed E-state index contributed by atoms with van der Waals surface area (Å²) in [6.07, 6.45) is -1.91. The SMILES string of the molecule is COc1nc(N(C)C)ccc1-c1nc2cc(O[C@@H]3CO[C@H]4[C@@H]3OC[C@H]4O)n(COCC[Si](C)(C)C)c2cc1F. The van der Waals surface area contributed by atoms with E-state index in [-0.39, 0.29) is 37.6 Å². The molecule has 0 spiro atoms. The molecule has 0 bridgehead atoms. The minimum atomic E-state index is -1.29. The van der Waals surface area contributed by atoms with Crippen LogP contribution in [-0.4, -0.2) is 93.2 Å². The van der Waals surface area contributed by atoms with Crippen LogP contribution < -0.4 is 14.4 Å². The minimum Gasteiger partial charge on any atom is -0.480 e. The minimum absolute atomic E-state index is 0.131. The van der Waals surface area contributed by atoms with Crippen molar-refractivity contribution < 1.29 is 33.2 Å². The van der Waals surface area contributed by atoms with Crippen molar-refractivity contribution in [3.63, 3.8) is 0 Å². The van der Waals surface area contributed by atoms with Gasteiger partial charge in [0, 0.05) is 40.9 Å². The highest BCUT2D eigenvalue weighted by Crippen LogP contribution is 2.36. The Hall–Kier alpha value is -2.77. The van der Waals surface area contributed by atoms with Gasteiger partial charge in [0.05, 0.1) is 36.9 Å². The number of hydrogen-bond acceptors (Lipinski definition) is 9. The molecule has 5 rings (SSSR count). The number of aliphatic hydroxyl groups is 1. The molecular formula is C27H37FN4O6Si. The lowest BCUT2D eigenvalue weighted by atomic mass is 10.1. The molecule has 5 heterocycles. The average Bonchev–Trinajstić information content (AvgIpc) is 3.55. The van der Waals surface area contributed by atoms with Crippen LogP contribution in [0.4, 0.5) is 10.2 Å². The number of nitrogens with zero attached hydrogens (tertiary/aromatic N) is 4. The van der Waals surface area contributed by atoms with Crippen LogP contribution in [0.5, 0.6) is 11.8 Å². The molecular weight excluding hydrogens is 523 g/mol. The average molecular weight is 561 g/mol. The summed E-state index contributed by atoms with van der Waals surface area (Å²) in [5.74, 6) is 0.920. The van der Waals surface area contributed by atoms with Crippen LogP contribution >= 0.6 is 0 Å². The Morgan fingerprint density at radius 3 is 2.62 bits per heavy atom. The van der Waals surface area contributed by atoms with Crippen LogP contribution in [0.15, 0.2) is 24.3 Å². The Morgan fingerprint density at radius 1 is 1.13 bits per heavy atom. The molecule has 212 valence electrons. The van der Waals surface area contributed by atoms with Crippen LogP contribution in [-0.2, 0) is 20.9 Å². The van der Waals surface area contributed by atoms with Gasteiger partial charge in [0.25, 0.3) is 0 Å². The standard InChI is InChI=1S/C27H37FN4O6Si/c1-31(2)22-8-7-16(27(30-22)34-3)24-17(28)11-19-18(29-24)12-23(32(19)15-35-9-10-39(4,5)6)38-21-14-37-25-20(33)13-36-26(21)25/h7-8,11-12,20-21,25-26,33H,9-10,13-15H2,1-6H3/t20-,21-,25-,26-/m1/s1. The van der Waals surface area contributed by atoms with E-state index in [0.717, 1.165) is 6.04 Å². The molecule has 4 atom stereocenters. The topological polar surface area (TPSA) is 100 Å². The molecule has 0 unspecified atom stereocenters. The lowest BCUT2D eigenvalue weighted by Crippen LogP contribution is -2.35. The summed E-state index contributed by atoms with van der Waals surface area (Å²) < 4.78 is 46.7. The van der Waals surface area contributed by atoms with Crippen molar-refractivity contribution in [1.82, 2.24) is 14.5 Å². The van der Waals surface area contributed by atoms with Crippen molar-refractivity contribution in [1.29, 1.82) is 0 Å². The molecule has 39 heavy (non-hydrogen) atoms. The molecule has 12 heteroatoms. The van der Waals surface area contributed by atoms with Crippen molar-refractivity contribution in [3.05, 3.63) is 30.1 Å². The van der Waals surface area contributed by atoms with Gasteiger partial charge in [-0.15, -0.1) is 0 Å². The molecule has 3 aromatic heterocycles. The smallest absolute Gasteiger partial charge is 0.224 e. The van der Waals surface area contributed by atoms with Crippen LogP contribution in [0.2, 0.25) is 25.7 Å². The number of pyridine rings is 2. The van der Waals surface area contributed by atoms with E-state index < -0.39 is 32.2 Å². The van der Waals surface area contributed by atoms with Crippen LogP contribution in [0.25, 0.3) is 22.3 Å². The van der Waals surface area contributed by atoms with E-state index in [1.54, 1.807) is 22.8 Å². The summed E-state index contributed by atoms with van der Waals surface area (Å²) in [6.45, 7) is 8.12. The summed E-state index contributed by atoms with van der Waals surface area (Å²) in [4.78, 5) is 11.0. The summed E-state index contributed by atoms with van der Waals surface area (Å²) >= 11 is 0. The van der Waals surface area contributed by atoms with Crippen molar-refractivity contribution in [2.75, 3.05) is 45.9 Å². The first-order valence-electron chi connectivity index (χ1n) is 13.1. The largest absolute Gasteiger partial charge is 0.480 e. The van der Waals surface area contributed by atoms with E-state index in [4.69, 9.17) is 23.7 Å². The maximum atomic E-state index is 15.6. The van der Waals surface area contributed by atoms with Crippen molar-refractivity contribution >= 4 is 24.9 Å². The summed E-state index contributed by atoms with van der Waals surface area (Å²) in [7, 11) is 3.96. The van der Waals surface area contributed by atoms with Crippen LogP contribution in [0, 0.1) is 5.82 Å². The zero-order valence-electron chi connectivity index (χ0n) is 23.3. The third-order valence-corrected chi connectivity index (χ3v) is 8.73. The maximum absolute atomic E-state index is 15.6. The number of hydrogen-bond donors (Lipinski definition) is 1. The van der Waals surface area contributed by atoms with Gasteiger partial charge >= 0.3 is 0 Å². The van der Waals surface area contributed by atoms with E-state index in [1.807, 2.05) is 19.0 Å². The quantitative estimate of drug-likeness (QED) is 0.295. The van der Waals surface area contributed by atoms with Gasteiger partial charge in [-0.1, -0.05) is 19.6 Å². The fraction of sp³-hybridized carbons (Fsp3) is 0.556. The van der Waals surface area contributed by atoms with Gasteiger partial charge in [-0.3, -0.25) is 4.57 Å². The summed E-state index contributed by atoms with van der Waals surface area (Å²) in [5.41, 5.74) is 1.66. The van der Waals surface area contributed by atoms with E-state index in [0.29, 0.717) is 34.9 Å². The van der Waals surface area contributed by atoms with Crippen molar-refractivity contribution in [3.8, 4) is 23.0 Å². The van der Waals surface area contributed by atoms with E-state index in [1.165, 1.54) is 13.2 Å². The molecule has 0 aliphatic carbocycles. The Balaban J connectivity index is 1.50. The highest BCUT2D eigenvalue weighted by Gasteiger charge is 2.48. The van der Waals surface area contributed by atoms with Gasteiger partial charge in [0.15, 0.2) is 17.8 Å². The number of fused-ring (bicyclic) bond motifs is 2. The van der Waals surface area contributed by atoms with Gasteiger partial charge in [0.2, 0.25) is 5.88 Å². The molecule has 3 aromatic rings. The second-order valence-electron chi connectivity index (χ2n) is 11.4. The molecule has 0 amide bonds. The van der Waals surface area contributed by atoms with Crippen LogP contribution in [0.1, 0.15) is 0 Å². The monoisotopic (exact) mass is 560 g/mol. The number of aliphatic hydroxyl groups excluding tert-OH is 1. The molecule has 2 aliphatic heterocycles. The third-order valence-electron chi connectivity index (χ3n) is 7.02. The van der Waals surface area contributed by atoms with E-state index >= 15 is 4.39 Å². The second-order valence-corrected chi connectivity index (χ2v) is 17.0. The zero-order chi connectivity index (χ0) is 27.9. The van der Waals surface area contributed by atoms with Gasteiger partial charge in [-0.2, -0.15) is 4.98 Å². The molecule has 2 aliphatic rings. The predicted octanol–water partition coefficient (Wildman–Crippen LogP) is 3.53. The maximum Gasteiger partial charge on any atom is 0.224 e. The first-order valence-corrected chi connectivity index (χ1v) is 16.8. The van der Waals surface area contributed by atoms with Gasteiger partial charge < -0.3 is 33.7 Å². The molecule has 0 radical (unpaired) electrons. The highest BCUT2D eigenvalue weighted by molar-refractivity contribution is 6.76. The molecule has 2 saturated heterocycles. The zero-order valence-corrected chi connectivity index (χ0v) is 24.3. The number of ether oxygens (including phenoxy) is 5. The number of rotatable bonds is 10. The lowest BCUT2D eigenvalue weighted by molar-refractivity contribution is 0.00479. The molecule has 10 nitrogen and oxygen atoms in total. The number of halogens is 1. The van der Waals surface area contributed by atoms with Gasteiger partial charge in [0.1, 0.15) is 36.6 Å². The first-order chi connectivity index (χ1) is 18.6. The Kier molecular flexibility index (Phi) is 7.84. The van der Waals surface area contributed by atoms with Crippen molar-refractivity contribution in [2.24, 2.45) is 0 Å². The highest BCUT2D eigenvalue weighted by atomic mass is 28.3. The second kappa shape index (κ2) is 11.0.